The van der Waals surface area contributed by atoms with Crippen LogP contribution in [-0.4, -0.2) is 29.1 Å². The zero-order valence-corrected chi connectivity index (χ0v) is 11.7. The van der Waals surface area contributed by atoms with Crippen LogP contribution in [0.5, 0.6) is 0 Å². The number of halogens is 1. The van der Waals surface area contributed by atoms with Gasteiger partial charge >= 0.3 is 5.97 Å². The van der Waals surface area contributed by atoms with Crippen molar-refractivity contribution in [3.8, 4) is 0 Å². The summed E-state index contributed by atoms with van der Waals surface area (Å²) in [5.41, 5.74) is 0.923. The van der Waals surface area contributed by atoms with E-state index in [1.165, 1.54) is 0 Å². The number of hydrogen-bond acceptors (Lipinski definition) is 3. The van der Waals surface area contributed by atoms with E-state index in [1.807, 2.05) is 12.1 Å². The molecule has 0 saturated heterocycles. The number of benzene rings is 1. The largest absolute Gasteiger partial charge is 0.478 e. The van der Waals surface area contributed by atoms with Crippen LogP contribution in [-0.2, 0) is 0 Å². The molecule has 0 saturated carbocycles. The van der Waals surface area contributed by atoms with E-state index in [4.69, 9.17) is 5.11 Å². The van der Waals surface area contributed by atoms with E-state index < -0.39 is 5.97 Å². The van der Waals surface area contributed by atoms with E-state index in [2.05, 4.69) is 27.8 Å². The molecule has 1 aromatic carbocycles. The minimum Gasteiger partial charge on any atom is -0.478 e. The Hall–Kier alpha value is -0.940. The van der Waals surface area contributed by atoms with Gasteiger partial charge in [0.15, 0.2) is 0 Å². The molecule has 1 aromatic rings. The number of aromatic carboxylic acids is 1. The zero-order valence-electron chi connectivity index (χ0n) is 9.28. The van der Waals surface area contributed by atoms with Crippen LogP contribution in [0.3, 0.4) is 0 Å². The van der Waals surface area contributed by atoms with Gasteiger partial charge in [0.25, 0.3) is 0 Å². The summed E-state index contributed by atoms with van der Waals surface area (Å²) in [5, 5.41) is 12.2. The van der Waals surface area contributed by atoms with Gasteiger partial charge in [0.2, 0.25) is 0 Å². The highest BCUT2D eigenvalue weighted by molar-refractivity contribution is 9.10. The third kappa shape index (κ3) is 4.44. The van der Waals surface area contributed by atoms with Crippen molar-refractivity contribution in [1.29, 1.82) is 0 Å². The molecule has 0 spiro atoms. The monoisotopic (exact) mass is 315 g/mol. The van der Waals surface area contributed by atoms with Gasteiger partial charge in [-0.25, -0.2) is 4.79 Å². The van der Waals surface area contributed by atoms with Crippen molar-refractivity contribution >= 4 is 39.3 Å². The molecule has 0 radical (unpaired) electrons. The topological polar surface area (TPSA) is 49.3 Å². The average Bonchev–Trinajstić information content (AvgIpc) is 2.28. The minimum atomic E-state index is -0.932. The van der Waals surface area contributed by atoms with Gasteiger partial charge < -0.3 is 10.4 Å². The first-order chi connectivity index (χ1) is 8.16. The van der Waals surface area contributed by atoms with Crippen molar-refractivity contribution in [1.82, 2.24) is 0 Å². The van der Waals surface area contributed by atoms with Crippen LogP contribution in [0.25, 0.3) is 0 Å². The van der Waals surface area contributed by atoms with Gasteiger partial charge in [-0.3, -0.25) is 0 Å². The van der Waals surface area contributed by atoms with Gasteiger partial charge in [-0.2, -0.15) is 11.8 Å². The number of carboxylic acid groups (broad SMARTS) is 1. The lowest BCUT2D eigenvalue weighted by atomic mass is 10.2. The predicted molar refractivity (Wildman–Crippen MR) is 77.1 cm³/mol. The Balaban J connectivity index is 2.61. The molecule has 0 atom stereocenters. The second-order valence-electron chi connectivity index (χ2n) is 3.26. The number of rotatable bonds is 7. The lowest BCUT2D eigenvalue weighted by Gasteiger charge is -2.10. The third-order valence-electron chi connectivity index (χ3n) is 2.03. The summed E-state index contributed by atoms with van der Waals surface area (Å²) in [6.45, 7) is 4.37. The summed E-state index contributed by atoms with van der Waals surface area (Å²) in [7, 11) is 0. The smallest absolute Gasteiger partial charge is 0.338 e. The van der Waals surface area contributed by atoms with Crippen molar-refractivity contribution < 1.29 is 9.90 Å². The first kappa shape index (κ1) is 14.1. The highest BCUT2D eigenvalue weighted by atomic mass is 79.9. The molecule has 0 heterocycles. The average molecular weight is 316 g/mol. The van der Waals surface area contributed by atoms with Gasteiger partial charge in [0.05, 0.1) is 5.56 Å². The maximum absolute atomic E-state index is 11.1. The summed E-state index contributed by atoms with van der Waals surface area (Å²) in [6.07, 6.45) is 1.85. The maximum Gasteiger partial charge on any atom is 0.338 e. The summed E-state index contributed by atoms with van der Waals surface area (Å²) in [5.74, 6) is 0.891. The molecular weight excluding hydrogens is 302 g/mol. The van der Waals surface area contributed by atoms with E-state index in [1.54, 1.807) is 23.9 Å². The Kier molecular flexibility index (Phi) is 6.15. The molecule has 0 aliphatic heterocycles. The predicted octanol–water partition coefficient (Wildman–Crippen LogP) is 3.48. The fourth-order valence-corrected chi connectivity index (χ4v) is 2.43. The Bertz CT molecular complexity index is 409. The van der Waals surface area contributed by atoms with E-state index in [0.29, 0.717) is 10.2 Å². The Morgan fingerprint density at radius 3 is 3.00 bits per heavy atom. The summed E-state index contributed by atoms with van der Waals surface area (Å²) in [4.78, 5) is 11.1. The molecule has 0 aliphatic carbocycles. The van der Waals surface area contributed by atoms with E-state index in [0.717, 1.165) is 18.1 Å². The highest BCUT2D eigenvalue weighted by Gasteiger charge is 2.13. The molecule has 17 heavy (non-hydrogen) atoms. The Morgan fingerprint density at radius 2 is 2.35 bits per heavy atom. The van der Waals surface area contributed by atoms with Crippen LogP contribution in [0.1, 0.15) is 10.4 Å². The second-order valence-corrected chi connectivity index (χ2v) is 5.26. The molecule has 92 valence electrons. The lowest BCUT2D eigenvalue weighted by Crippen LogP contribution is -2.09. The SMILES string of the molecule is C=CCSCCNc1cccc(Br)c1C(=O)O. The fourth-order valence-electron chi connectivity index (χ4n) is 1.31. The third-order valence-corrected chi connectivity index (χ3v) is 3.65. The van der Waals surface area contributed by atoms with Crippen molar-refractivity contribution in [2.75, 3.05) is 23.4 Å². The van der Waals surface area contributed by atoms with Crippen LogP contribution < -0.4 is 5.32 Å². The summed E-state index contributed by atoms with van der Waals surface area (Å²) >= 11 is 4.99. The first-order valence-electron chi connectivity index (χ1n) is 5.11. The lowest BCUT2D eigenvalue weighted by molar-refractivity contribution is 0.0697. The number of thioether (sulfide) groups is 1. The molecule has 0 fully saturated rings. The highest BCUT2D eigenvalue weighted by Crippen LogP contribution is 2.24. The molecular formula is C12H14BrNO2S. The van der Waals surface area contributed by atoms with Crippen molar-refractivity contribution in [2.45, 2.75) is 0 Å². The molecule has 0 unspecified atom stereocenters. The van der Waals surface area contributed by atoms with Gasteiger partial charge in [-0.1, -0.05) is 12.1 Å². The van der Waals surface area contributed by atoms with E-state index in [9.17, 15) is 4.79 Å². The molecule has 2 N–H and O–H groups in total. The normalized spacial score (nSPS) is 9.94. The van der Waals surface area contributed by atoms with Crippen LogP contribution in [0.2, 0.25) is 0 Å². The molecule has 3 nitrogen and oxygen atoms in total. The van der Waals surface area contributed by atoms with Crippen LogP contribution in [0.15, 0.2) is 35.3 Å². The van der Waals surface area contributed by atoms with E-state index >= 15 is 0 Å². The number of hydrogen-bond donors (Lipinski definition) is 2. The van der Waals surface area contributed by atoms with Crippen LogP contribution >= 0.6 is 27.7 Å². The van der Waals surface area contributed by atoms with Crippen molar-refractivity contribution in [3.63, 3.8) is 0 Å². The standard InChI is InChI=1S/C12H14BrNO2S/c1-2-7-17-8-6-14-10-5-3-4-9(13)11(10)12(15)16/h2-5,14H,1,6-8H2,(H,15,16). The van der Waals surface area contributed by atoms with Gasteiger partial charge in [-0.15, -0.1) is 6.58 Å². The Labute approximate surface area is 113 Å². The number of carboxylic acids is 1. The number of anilines is 1. The fraction of sp³-hybridized carbons (Fsp3) is 0.250. The van der Waals surface area contributed by atoms with Gasteiger partial charge in [-0.05, 0) is 28.1 Å². The van der Waals surface area contributed by atoms with Gasteiger partial charge in [0, 0.05) is 28.2 Å². The molecule has 5 heteroatoms. The van der Waals surface area contributed by atoms with Gasteiger partial charge in [0.1, 0.15) is 0 Å². The number of nitrogens with one attached hydrogen (secondary N) is 1. The first-order valence-corrected chi connectivity index (χ1v) is 7.06. The number of carbonyl (C=O) groups is 1. The maximum atomic E-state index is 11.1. The molecule has 0 aliphatic rings. The quantitative estimate of drug-likeness (QED) is 0.597. The van der Waals surface area contributed by atoms with Crippen molar-refractivity contribution in [3.05, 3.63) is 40.9 Å². The molecule has 0 bridgehead atoms. The second kappa shape index (κ2) is 7.40. The zero-order chi connectivity index (χ0) is 12.7. The molecule has 1 rings (SSSR count). The molecule has 0 amide bonds. The summed E-state index contributed by atoms with van der Waals surface area (Å²) < 4.78 is 0.591. The molecule has 0 aromatic heterocycles. The van der Waals surface area contributed by atoms with Crippen molar-refractivity contribution in [2.24, 2.45) is 0 Å². The summed E-state index contributed by atoms with van der Waals surface area (Å²) in [6, 6.07) is 5.31. The van der Waals surface area contributed by atoms with Crippen LogP contribution in [0, 0.1) is 0 Å². The van der Waals surface area contributed by atoms with Crippen LogP contribution in [0.4, 0.5) is 5.69 Å². The Morgan fingerprint density at radius 1 is 1.59 bits per heavy atom. The van der Waals surface area contributed by atoms with E-state index in [-0.39, 0.29) is 5.56 Å². The minimum absolute atomic E-state index is 0.279.